The normalized spacial score (nSPS) is 18.6. The fraction of sp³-hybridized carbons (Fsp3) is 0.562. The highest BCUT2D eigenvalue weighted by Gasteiger charge is 2.43. The second kappa shape index (κ2) is 6.23. The highest BCUT2D eigenvalue weighted by atomic mass is 16.2. The molecule has 1 aliphatic rings. The van der Waals surface area contributed by atoms with Crippen molar-refractivity contribution in [1.29, 1.82) is 5.26 Å². The zero-order valence-corrected chi connectivity index (χ0v) is 12.8. The first kappa shape index (κ1) is 15.5. The van der Waals surface area contributed by atoms with E-state index in [9.17, 15) is 10.1 Å². The number of nitriles is 1. The fourth-order valence-electron chi connectivity index (χ4n) is 2.47. The lowest BCUT2D eigenvalue weighted by molar-refractivity contribution is -0.123. The third-order valence-corrected chi connectivity index (χ3v) is 4.27. The molecule has 0 radical (unpaired) electrons. The van der Waals surface area contributed by atoms with Crippen molar-refractivity contribution in [1.82, 2.24) is 15.2 Å². The molecule has 112 valence electrons. The Morgan fingerprint density at radius 3 is 2.71 bits per heavy atom. The van der Waals surface area contributed by atoms with Crippen molar-refractivity contribution in [2.24, 2.45) is 5.92 Å². The third kappa shape index (κ3) is 3.79. The molecule has 0 unspecified atom stereocenters. The summed E-state index contributed by atoms with van der Waals surface area (Å²) in [6, 6.07) is 6.26. The predicted molar refractivity (Wildman–Crippen MR) is 80.2 cm³/mol. The maximum Gasteiger partial charge on any atom is 0.235 e. The van der Waals surface area contributed by atoms with E-state index in [1.54, 1.807) is 12.4 Å². The van der Waals surface area contributed by atoms with E-state index in [1.165, 1.54) is 0 Å². The fourth-order valence-corrected chi connectivity index (χ4v) is 2.47. The average Bonchev–Trinajstić information content (AvgIpc) is 3.32. The van der Waals surface area contributed by atoms with Crippen LogP contribution in [0.3, 0.4) is 0 Å². The van der Waals surface area contributed by atoms with Crippen molar-refractivity contribution in [3.63, 3.8) is 0 Å². The van der Waals surface area contributed by atoms with Gasteiger partial charge in [0, 0.05) is 18.4 Å². The summed E-state index contributed by atoms with van der Waals surface area (Å²) in [5.74, 6) is 0.198. The summed E-state index contributed by atoms with van der Waals surface area (Å²) >= 11 is 0. The molecule has 0 aromatic carbocycles. The van der Waals surface area contributed by atoms with Gasteiger partial charge in [0.1, 0.15) is 5.54 Å². The zero-order valence-electron chi connectivity index (χ0n) is 12.8. The van der Waals surface area contributed by atoms with Crippen molar-refractivity contribution >= 4 is 5.91 Å². The minimum absolute atomic E-state index is 0.102. The van der Waals surface area contributed by atoms with E-state index in [1.807, 2.05) is 37.9 Å². The van der Waals surface area contributed by atoms with Gasteiger partial charge in [0.05, 0.1) is 12.6 Å². The molecule has 0 aliphatic heterocycles. The molecule has 1 aliphatic carbocycles. The Balaban J connectivity index is 1.92. The van der Waals surface area contributed by atoms with Crippen molar-refractivity contribution in [3.05, 3.63) is 30.1 Å². The van der Waals surface area contributed by atoms with Gasteiger partial charge in [0.25, 0.3) is 0 Å². The predicted octanol–water partition coefficient (Wildman–Crippen LogP) is 1.88. The zero-order chi connectivity index (χ0) is 15.5. The van der Waals surface area contributed by atoms with Gasteiger partial charge < -0.3 is 5.32 Å². The standard InChI is InChI=1S/C16H22N4O/c1-12(13-6-8-18-9-7-13)20(3)10-15(21)19-16(2,11-17)14-4-5-14/h6-9,12,14H,4-5,10H2,1-3H3,(H,19,21)/t12-,16+/m0/s1. The van der Waals surface area contributed by atoms with Crippen molar-refractivity contribution in [2.75, 3.05) is 13.6 Å². The second-order valence-electron chi connectivity index (χ2n) is 6.01. The van der Waals surface area contributed by atoms with E-state index in [4.69, 9.17) is 0 Å². The molecule has 0 saturated heterocycles. The number of likely N-dealkylation sites (N-methyl/N-ethyl adjacent to an activating group) is 1. The Morgan fingerprint density at radius 2 is 2.19 bits per heavy atom. The number of nitrogens with zero attached hydrogens (tertiary/aromatic N) is 3. The smallest absolute Gasteiger partial charge is 0.235 e. The number of carbonyl (C=O) groups is 1. The highest BCUT2D eigenvalue weighted by molar-refractivity contribution is 5.79. The van der Waals surface area contributed by atoms with E-state index in [-0.39, 0.29) is 18.5 Å². The Labute approximate surface area is 126 Å². The Kier molecular flexibility index (Phi) is 4.59. The Bertz CT molecular complexity index is 535. The van der Waals surface area contributed by atoms with Crippen LogP contribution in [0.4, 0.5) is 0 Å². The van der Waals surface area contributed by atoms with Gasteiger partial charge >= 0.3 is 0 Å². The van der Waals surface area contributed by atoms with Crippen LogP contribution >= 0.6 is 0 Å². The van der Waals surface area contributed by atoms with E-state index in [2.05, 4.69) is 16.4 Å². The van der Waals surface area contributed by atoms with Gasteiger partial charge in [-0.25, -0.2) is 0 Å². The molecular weight excluding hydrogens is 264 g/mol. The summed E-state index contributed by atoms with van der Waals surface area (Å²) in [4.78, 5) is 18.1. The molecule has 0 spiro atoms. The molecule has 1 fully saturated rings. The summed E-state index contributed by atoms with van der Waals surface area (Å²) in [6.45, 7) is 4.13. The molecule has 5 heteroatoms. The van der Waals surface area contributed by atoms with Crippen LogP contribution in [-0.4, -0.2) is 34.9 Å². The number of carbonyl (C=O) groups excluding carboxylic acids is 1. The van der Waals surface area contributed by atoms with Crippen molar-refractivity contribution in [2.45, 2.75) is 38.3 Å². The highest BCUT2D eigenvalue weighted by Crippen LogP contribution is 2.39. The molecular formula is C16H22N4O. The second-order valence-corrected chi connectivity index (χ2v) is 6.01. The van der Waals surface area contributed by atoms with Gasteiger partial charge in [-0.15, -0.1) is 0 Å². The number of rotatable bonds is 6. The number of hydrogen-bond acceptors (Lipinski definition) is 4. The maximum atomic E-state index is 12.2. The summed E-state index contributed by atoms with van der Waals surface area (Å²) in [7, 11) is 1.91. The number of nitrogens with one attached hydrogen (secondary N) is 1. The number of aromatic nitrogens is 1. The van der Waals surface area contributed by atoms with Crippen LogP contribution < -0.4 is 5.32 Å². The van der Waals surface area contributed by atoms with E-state index < -0.39 is 5.54 Å². The lowest BCUT2D eigenvalue weighted by atomic mass is 9.98. The van der Waals surface area contributed by atoms with E-state index in [0.29, 0.717) is 5.92 Å². The van der Waals surface area contributed by atoms with Crippen LogP contribution in [-0.2, 0) is 4.79 Å². The quantitative estimate of drug-likeness (QED) is 0.867. The molecule has 1 heterocycles. The van der Waals surface area contributed by atoms with Crippen molar-refractivity contribution in [3.8, 4) is 6.07 Å². The molecule has 1 aromatic heterocycles. The monoisotopic (exact) mass is 286 g/mol. The van der Waals surface area contributed by atoms with E-state index >= 15 is 0 Å². The van der Waals surface area contributed by atoms with Gasteiger partial charge in [0.15, 0.2) is 0 Å². The molecule has 1 saturated carbocycles. The topological polar surface area (TPSA) is 69.0 Å². The van der Waals surface area contributed by atoms with Crippen LogP contribution in [0, 0.1) is 17.2 Å². The van der Waals surface area contributed by atoms with E-state index in [0.717, 1.165) is 18.4 Å². The van der Waals surface area contributed by atoms with Gasteiger partial charge in [0.2, 0.25) is 5.91 Å². The lowest BCUT2D eigenvalue weighted by Gasteiger charge is -2.27. The van der Waals surface area contributed by atoms with Gasteiger partial charge in [-0.3, -0.25) is 14.7 Å². The van der Waals surface area contributed by atoms with Gasteiger partial charge in [-0.05, 0) is 57.4 Å². The number of hydrogen-bond donors (Lipinski definition) is 1. The van der Waals surface area contributed by atoms with Gasteiger partial charge in [-0.2, -0.15) is 5.26 Å². The lowest BCUT2D eigenvalue weighted by Crippen LogP contribution is -2.50. The van der Waals surface area contributed by atoms with Crippen molar-refractivity contribution < 1.29 is 4.79 Å². The first-order valence-corrected chi connectivity index (χ1v) is 7.28. The molecule has 5 nitrogen and oxygen atoms in total. The molecule has 21 heavy (non-hydrogen) atoms. The first-order chi connectivity index (χ1) is 9.96. The summed E-state index contributed by atoms with van der Waals surface area (Å²) in [5, 5.41) is 12.2. The minimum Gasteiger partial charge on any atom is -0.337 e. The molecule has 2 rings (SSSR count). The Hall–Kier alpha value is -1.93. The maximum absolute atomic E-state index is 12.2. The van der Waals surface area contributed by atoms with Crippen LogP contribution in [0.1, 0.15) is 38.3 Å². The molecule has 1 amide bonds. The molecule has 0 bridgehead atoms. The van der Waals surface area contributed by atoms with Crippen LogP contribution in [0.5, 0.6) is 0 Å². The first-order valence-electron chi connectivity index (χ1n) is 7.28. The van der Waals surface area contributed by atoms with Crippen LogP contribution in [0.2, 0.25) is 0 Å². The molecule has 1 N–H and O–H groups in total. The molecule has 1 aromatic rings. The van der Waals surface area contributed by atoms with Gasteiger partial charge in [-0.1, -0.05) is 0 Å². The van der Waals surface area contributed by atoms with Crippen LogP contribution in [0.15, 0.2) is 24.5 Å². The third-order valence-electron chi connectivity index (χ3n) is 4.27. The number of amides is 1. The number of pyridine rings is 1. The minimum atomic E-state index is -0.724. The molecule has 2 atom stereocenters. The summed E-state index contributed by atoms with van der Waals surface area (Å²) in [6.07, 6.45) is 5.54. The SMILES string of the molecule is C[C@@H](c1ccncc1)N(C)CC(=O)N[C@](C)(C#N)C1CC1. The summed E-state index contributed by atoms with van der Waals surface area (Å²) < 4.78 is 0. The summed E-state index contributed by atoms with van der Waals surface area (Å²) in [5.41, 5.74) is 0.392. The Morgan fingerprint density at radius 1 is 1.57 bits per heavy atom. The largest absolute Gasteiger partial charge is 0.337 e. The van der Waals surface area contributed by atoms with Crippen LogP contribution in [0.25, 0.3) is 0 Å². The average molecular weight is 286 g/mol.